The van der Waals surface area contributed by atoms with E-state index in [9.17, 15) is 8.42 Å². The largest absolute Gasteiger partial charge is 0.482 e. The monoisotopic (exact) mass is 383 g/mol. The average molecular weight is 384 g/mol. The van der Waals surface area contributed by atoms with Crippen LogP contribution in [0.1, 0.15) is 37.3 Å². The SMILES string of the molecule is CCCS(=O)(=O)c1ccc(C2=CC3(CCNCC3)Oc3ccccc32)cc1. The lowest BCUT2D eigenvalue weighted by Gasteiger charge is -2.40. The van der Waals surface area contributed by atoms with Gasteiger partial charge in [0.2, 0.25) is 0 Å². The van der Waals surface area contributed by atoms with E-state index in [1.807, 2.05) is 37.3 Å². The Morgan fingerprint density at radius 1 is 1.04 bits per heavy atom. The van der Waals surface area contributed by atoms with E-state index in [2.05, 4.69) is 17.5 Å². The third-order valence-electron chi connectivity index (χ3n) is 5.35. The van der Waals surface area contributed by atoms with E-state index in [0.717, 1.165) is 48.4 Å². The molecule has 1 saturated heterocycles. The summed E-state index contributed by atoms with van der Waals surface area (Å²) in [6.07, 6.45) is 4.71. The molecule has 4 rings (SSSR count). The van der Waals surface area contributed by atoms with Crippen LogP contribution in [-0.2, 0) is 9.84 Å². The number of benzene rings is 2. The normalized spacial score (nSPS) is 18.5. The maximum Gasteiger partial charge on any atom is 0.178 e. The van der Waals surface area contributed by atoms with Gasteiger partial charge < -0.3 is 10.1 Å². The highest BCUT2D eigenvalue weighted by Crippen LogP contribution is 2.42. The lowest BCUT2D eigenvalue weighted by molar-refractivity contribution is 0.0817. The van der Waals surface area contributed by atoms with E-state index >= 15 is 0 Å². The topological polar surface area (TPSA) is 55.4 Å². The molecule has 0 unspecified atom stereocenters. The highest BCUT2D eigenvalue weighted by molar-refractivity contribution is 7.91. The molecule has 1 N–H and O–H groups in total. The van der Waals surface area contributed by atoms with Crippen molar-refractivity contribution in [2.45, 2.75) is 36.7 Å². The van der Waals surface area contributed by atoms with Crippen LogP contribution in [0.4, 0.5) is 0 Å². The molecule has 2 aromatic carbocycles. The fraction of sp³-hybridized carbons (Fsp3) is 0.364. The second kappa shape index (κ2) is 7.13. The molecule has 5 heteroatoms. The maximum absolute atomic E-state index is 12.3. The van der Waals surface area contributed by atoms with Crippen molar-refractivity contribution in [1.82, 2.24) is 5.32 Å². The van der Waals surface area contributed by atoms with Gasteiger partial charge in [-0.05, 0) is 54.9 Å². The van der Waals surface area contributed by atoms with Gasteiger partial charge in [0, 0.05) is 18.4 Å². The van der Waals surface area contributed by atoms with E-state index < -0.39 is 9.84 Å². The van der Waals surface area contributed by atoms with Gasteiger partial charge in [0.1, 0.15) is 11.4 Å². The van der Waals surface area contributed by atoms with Crippen molar-refractivity contribution < 1.29 is 13.2 Å². The molecule has 2 aliphatic heterocycles. The Hall–Kier alpha value is -2.11. The number of para-hydroxylation sites is 1. The fourth-order valence-corrected chi connectivity index (χ4v) is 5.25. The number of fused-ring (bicyclic) bond motifs is 1. The van der Waals surface area contributed by atoms with Crippen LogP contribution in [0.25, 0.3) is 5.57 Å². The number of nitrogens with one attached hydrogen (secondary N) is 1. The van der Waals surface area contributed by atoms with Gasteiger partial charge in [0.25, 0.3) is 0 Å². The van der Waals surface area contributed by atoms with Crippen molar-refractivity contribution in [2.24, 2.45) is 0 Å². The number of hydrogen-bond donors (Lipinski definition) is 1. The summed E-state index contributed by atoms with van der Waals surface area (Å²) in [5, 5.41) is 3.39. The molecule has 1 fully saturated rings. The summed E-state index contributed by atoms with van der Waals surface area (Å²) in [7, 11) is -3.20. The first-order valence-electron chi connectivity index (χ1n) is 9.58. The Kier molecular flexibility index (Phi) is 4.82. The van der Waals surface area contributed by atoms with Crippen LogP contribution in [0.3, 0.4) is 0 Å². The Morgan fingerprint density at radius 3 is 2.44 bits per heavy atom. The third-order valence-corrected chi connectivity index (χ3v) is 7.28. The van der Waals surface area contributed by atoms with Crippen molar-refractivity contribution in [3.63, 3.8) is 0 Å². The first-order valence-corrected chi connectivity index (χ1v) is 11.2. The van der Waals surface area contributed by atoms with Crippen molar-refractivity contribution in [1.29, 1.82) is 0 Å². The van der Waals surface area contributed by atoms with Crippen LogP contribution in [0.15, 0.2) is 59.5 Å². The standard InChI is InChI=1S/C22H25NO3S/c1-2-15-27(24,25)18-9-7-17(8-10-18)20-16-22(11-13-23-14-12-22)26-21-6-4-3-5-19(20)21/h3-10,16,23H,2,11-15H2,1H3. The molecule has 0 aliphatic carbocycles. The van der Waals surface area contributed by atoms with Crippen molar-refractivity contribution >= 4 is 15.4 Å². The zero-order valence-corrected chi connectivity index (χ0v) is 16.4. The minimum absolute atomic E-state index is 0.182. The van der Waals surface area contributed by atoms with Crippen LogP contribution in [0.5, 0.6) is 5.75 Å². The number of rotatable bonds is 4. The summed E-state index contributed by atoms with van der Waals surface area (Å²) in [5.41, 5.74) is 2.92. The first-order chi connectivity index (χ1) is 13.0. The molecular formula is C22H25NO3S. The Labute approximate surface area is 161 Å². The van der Waals surface area contributed by atoms with Gasteiger partial charge in [-0.1, -0.05) is 37.3 Å². The molecule has 0 radical (unpaired) electrons. The molecule has 0 aromatic heterocycles. The Morgan fingerprint density at radius 2 is 1.74 bits per heavy atom. The lowest BCUT2D eigenvalue weighted by atomic mass is 9.83. The summed E-state index contributed by atoms with van der Waals surface area (Å²) in [4.78, 5) is 0.394. The average Bonchev–Trinajstić information content (AvgIpc) is 2.68. The molecule has 142 valence electrons. The van der Waals surface area contributed by atoms with E-state index in [0.29, 0.717) is 11.3 Å². The molecule has 0 bridgehead atoms. The number of ether oxygens (including phenoxy) is 1. The van der Waals surface area contributed by atoms with Crippen LogP contribution in [0, 0.1) is 0 Å². The summed E-state index contributed by atoms with van der Waals surface area (Å²) in [5.74, 6) is 1.08. The van der Waals surface area contributed by atoms with Crippen molar-refractivity contribution in [2.75, 3.05) is 18.8 Å². The maximum atomic E-state index is 12.3. The molecule has 2 aliphatic rings. The molecule has 0 amide bonds. The second-order valence-electron chi connectivity index (χ2n) is 7.31. The molecule has 2 aromatic rings. The lowest BCUT2D eigenvalue weighted by Crippen LogP contribution is -2.46. The minimum atomic E-state index is -3.20. The van der Waals surface area contributed by atoms with Crippen molar-refractivity contribution in [3.8, 4) is 5.75 Å². The quantitative estimate of drug-likeness (QED) is 0.872. The predicted octanol–water partition coefficient (Wildman–Crippen LogP) is 3.82. The van der Waals surface area contributed by atoms with Crippen molar-refractivity contribution in [3.05, 3.63) is 65.7 Å². The van der Waals surface area contributed by atoms with Crippen LogP contribution in [0.2, 0.25) is 0 Å². The minimum Gasteiger partial charge on any atom is -0.482 e. The predicted molar refractivity (Wildman–Crippen MR) is 108 cm³/mol. The van der Waals surface area contributed by atoms with E-state index in [-0.39, 0.29) is 11.4 Å². The molecule has 2 heterocycles. The smallest absolute Gasteiger partial charge is 0.178 e. The van der Waals surface area contributed by atoms with Gasteiger partial charge in [0.15, 0.2) is 9.84 Å². The zero-order chi connectivity index (χ0) is 18.9. The number of piperidine rings is 1. The Bertz CT molecular complexity index is 955. The second-order valence-corrected chi connectivity index (χ2v) is 9.42. The van der Waals surface area contributed by atoms with Gasteiger partial charge in [-0.25, -0.2) is 8.42 Å². The van der Waals surface area contributed by atoms with Gasteiger partial charge >= 0.3 is 0 Å². The van der Waals surface area contributed by atoms with Crippen LogP contribution >= 0.6 is 0 Å². The highest BCUT2D eigenvalue weighted by Gasteiger charge is 2.36. The molecule has 1 spiro atoms. The molecule has 0 atom stereocenters. The summed E-state index contributed by atoms with van der Waals surface area (Å²) in [6.45, 7) is 3.74. The van der Waals surface area contributed by atoms with Crippen LogP contribution in [-0.4, -0.2) is 32.9 Å². The molecular weight excluding hydrogens is 358 g/mol. The summed E-state index contributed by atoms with van der Waals surface area (Å²) < 4.78 is 31.0. The van der Waals surface area contributed by atoms with E-state index in [1.165, 1.54) is 0 Å². The van der Waals surface area contributed by atoms with Crippen LogP contribution < -0.4 is 10.1 Å². The van der Waals surface area contributed by atoms with E-state index in [1.54, 1.807) is 12.1 Å². The van der Waals surface area contributed by atoms with Gasteiger partial charge in [-0.15, -0.1) is 0 Å². The number of hydrogen-bond acceptors (Lipinski definition) is 4. The highest BCUT2D eigenvalue weighted by atomic mass is 32.2. The summed E-state index contributed by atoms with van der Waals surface area (Å²) >= 11 is 0. The third kappa shape index (κ3) is 3.54. The first kappa shape index (κ1) is 18.3. The van der Waals surface area contributed by atoms with Gasteiger partial charge in [-0.3, -0.25) is 0 Å². The molecule has 0 saturated carbocycles. The van der Waals surface area contributed by atoms with E-state index in [4.69, 9.17) is 4.74 Å². The summed E-state index contributed by atoms with van der Waals surface area (Å²) in [6, 6.07) is 15.4. The molecule has 27 heavy (non-hydrogen) atoms. The zero-order valence-electron chi connectivity index (χ0n) is 15.6. The van der Waals surface area contributed by atoms with Gasteiger partial charge in [-0.2, -0.15) is 0 Å². The Balaban J connectivity index is 1.76. The fourth-order valence-electron chi connectivity index (χ4n) is 3.93. The number of sulfone groups is 1. The molecule has 4 nitrogen and oxygen atoms in total. The van der Waals surface area contributed by atoms with Gasteiger partial charge in [0.05, 0.1) is 10.6 Å².